The van der Waals surface area contributed by atoms with E-state index in [0.717, 1.165) is 19.3 Å². The molecule has 22 heavy (non-hydrogen) atoms. The molecule has 0 spiro atoms. The van der Waals surface area contributed by atoms with Gasteiger partial charge in [-0.3, -0.25) is 0 Å². The van der Waals surface area contributed by atoms with Gasteiger partial charge in [0.15, 0.2) is 0 Å². The summed E-state index contributed by atoms with van der Waals surface area (Å²) in [5.74, 6) is 0.383. The highest BCUT2D eigenvalue weighted by Crippen LogP contribution is 2.34. The zero-order valence-corrected chi connectivity index (χ0v) is 12.8. The van der Waals surface area contributed by atoms with Crippen molar-refractivity contribution in [2.24, 2.45) is 0 Å². The molecule has 0 aliphatic heterocycles. The van der Waals surface area contributed by atoms with Crippen LogP contribution in [0.5, 0.6) is 0 Å². The summed E-state index contributed by atoms with van der Waals surface area (Å²) in [4.78, 5) is 0. The topological polar surface area (TPSA) is 0 Å². The van der Waals surface area contributed by atoms with E-state index in [4.69, 9.17) is 0 Å². The molecule has 110 valence electrons. The predicted molar refractivity (Wildman–Crippen MR) is 89.9 cm³/mol. The molecule has 0 N–H and O–H groups in total. The third kappa shape index (κ3) is 2.41. The highest BCUT2D eigenvalue weighted by atomic mass is 19.1. The number of hydrogen-bond acceptors (Lipinski definition) is 0. The summed E-state index contributed by atoms with van der Waals surface area (Å²) < 4.78 is 13.5. The maximum Gasteiger partial charge on any atom is 0.123 e. The van der Waals surface area contributed by atoms with Gasteiger partial charge in [-0.1, -0.05) is 48.0 Å². The van der Waals surface area contributed by atoms with Crippen LogP contribution in [0.25, 0.3) is 10.8 Å². The fourth-order valence-electron chi connectivity index (χ4n) is 3.65. The number of rotatable bonds is 1. The van der Waals surface area contributed by atoms with Crippen molar-refractivity contribution in [3.8, 4) is 0 Å². The van der Waals surface area contributed by atoms with E-state index in [2.05, 4.69) is 43.3 Å². The maximum atomic E-state index is 13.5. The molecule has 1 atom stereocenters. The molecule has 0 bridgehead atoms. The zero-order valence-electron chi connectivity index (χ0n) is 12.8. The summed E-state index contributed by atoms with van der Waals surface area (Å²) in [6.45, 7) is 2.12. The zero-order chi connectivity index (χ0) is 15.1. The van der Waals surface area contributed by atoms with Gasteiger partial charge in [-0.15, -0.1) is 0 Å². The lowest BCUT2D eigenvalue weighted by Gasteiger charge is -2.25. The van der Waals surface area contributed by atoms with Crippen LogP contribution >= 0.6 is 0 Å². The van der Waals surface area contributed by atoms with E-state index in [1.54, 1.807) is 12.1 Å². The van der Waals surface area contributed by atoms with Crippen LogP contribution in [0.15, 0.2) is 54.6 Å². The molecule has 1 unspecified atom stereocenters. The molecule has 0 amide bonds. The minimum atomic E-state index is -0.117. The molecular formula is C21H19F. The Morgan fingerprint density at radius 2 is 1.68 bits per heavy atom. The highest BCUT2D eigenvalue weighted by Gasteiger charge is 2.20. The third-order valence-electron chi connectivity index (χ3n) is 4.89. The van der Waals surface area contributed by atoms with Gasteiger partial charge in [0.2, 0.25) is 0 Å². The van der Waals surface area contributed by atoms with E-state index in [1.807, 2.05) is 6.07 Å². The SMILES string of the molecule is Cc1ccc2cc(C3CCc4ccc(F)cc4C3)ccc2c1. The lowest BCUT2D eigenvalue weighted by molar-refractivity contribution is 0.572. The van der Waals surface area contributed by atoms with E-state index in [-0.39, 0.29) is 5.82 Å². The molecule has 0 saturated carbocycles. The van der Waals surface area contributed by atoms with E-state index < -0.39 is 0 Å². The van der Waals surface area contributed by atoms with Gasteiger partial charge in [-0.25, -0.2) is 4.39 Å². The van der Waals surface area contributed by atoms with Gasteiger partial charge >= 0.3 is 0 Å². The molecular weight excluding hydrogens is 271 g/mol. The molecule has 0 heterocycles. The molecule has 4 rings (SSSR count). The first-order valence-electron chi connectivity index (χ1n) is 7.97. The Kier molecular flexibility index (Phi) is 3.22. The van der Waals surface area contributed by atoms with Crippen LogP contribution in [0.2, 0.25) is 0 Å². The third-order valence-corrected chi connectivity index (χ3v) is 4.89. The van der Waals surface area contributed by atoms with Gasteiger partial charge in [0.1, 0.15) is 5.82 Å². The fraction of sp³-hybridized carbons (Fsp3) is 0.238. The molecule has 1 heteroatoms. The summed E-state index contributed by atoms with van der Waals surface area (Å²) in [6, 6.07) is 18.6. The largest absolute Gasteiger partial charge is 0.207 e. The Labute approximate surface area is 130 Å². The number of hydrogen-bond donors (Lipinski definition) is 0. The van der Waals surface area contributed by atoms with E-state index >= 15 is 0 Å². The van der Waals surface area contributed by atoms with Crippen molar-refractivity contribution >= 4 is 10.8 Å². The van der Waals surface area contributed by atoms with Crippen molar-refractivity contribution in [3.63, 3.8) is 0 Å². The molecule has 3 aromatic carbocycles. The minimum Gasteiger partial charge on any atom is -0.207 e. The monoisotopic (exact) mass is 290 g/mol. The fourth-order valence-corrected chi connectivity index (χ4v) is 3.65. The number of benzene rings is 3. The highest BCUT2D eigenvalue weighted by molar-refractivity contribution is 5.84. The van der Waals surface area contributed by atoms with Crippen molar-refractivity contribution < 1.29 is 4.39 Å². The first kappa shape index (κ1) is 13.5. The molecule has 0 saturated heterocycles. The lowest BCUT2D eigenvalue weighted by atomic mass is 9.80. The van der Waals surface area contributed by atoms with Crippen LogP contribution in [0.3, 0.4) is 0 Å². The normalized spacial score (nSPS) is 17.5. The lowest BCUT2D eigenvalue weighted by Crippen LogP contribution is -2.13. The minimum absolute atomic E-state index is 0.117. The van der Waals surface area contributed by atoms with Crippen LogP contribution in [0, 0.1) is 12.7 Å². The second-order valence-corrected chi connectivity index (χ2v) is 6.46. The van der Waals surface area contributed by atoms with Crippen LogP contribution in [-0.4, -0.2) is 0 Å². The summed E-state index contributed by atoms with van der Waals surface area (Å²) in [5.41, 5.74) is 5.17. The summed E-state index contributed by atoms with van der Waals surface area (Å²) in [7, 11) is 0. The summed E-state index contributed by atoms with van der Waals surface area (Å²) in [5, 5.41) is 2.60. The predicted octanol–water partition coefficient (Wildman–Crippen LogP) is 5.56. The smallest absolute Gasteiger partial charge is 0.123 e. The van der Waals surface area contributed by atoms with E-state index in [9.17, 15) is 4.39 Å². The van der Waals surface area contributed by atoms with Gasteiger partial charge in [0, 0.05) is 0 Å². The first-order valence-corrected chi connectivity index (χ1v) is 7.97. The average Bonchev–Trinajstić information content (AvgIpc) is 2.53. The van der Waals surface area contributed by atoms with Gasteiger partial charge < -0.3 is 0 Å². The molecule has 0 aromatic heterocycles. The molecule has 1 aliphatic carbocycles. The van der Waals surface area contributed by atoms with Gasteiger partial charge in [-0.05, 0) is 71.7 Å². The Balaban J connectivity index is 1.69. The van der Waals surface area contributed by atoms with Gasteiger partial charge in [0.25, 0.3) is 0 Å². The quantitative estimate of drug-likeness (QED) is 0.550. The van der Waals surface area contributed by atoms with Crippen LogP contribution in [0.1, 0.15) is 34.6 Å². The second kappa shape index (κ2) is 5.24. The Hall–Kier alpha value is -2.15. The van der Waals surface area contributed by atoms with Crippen molar-refractivity contribution in [1.82, 2.24) is 0 Å². The molecule has 0 nitrogen and oxygen atoms in total. The van der Waals surface area contributed by atoms with Gasteiger partial charge in [-0.2, -0.15) is 0 Å². The van der Waals surface area contributed by atoms with E-state index in [1.165, 1.54) is 33.0 Å². The number of fused-ring (bicyclic) bond motifs is 2. The first-order chi connectivity index (χ1) is 10.7. The molecule has 3 aromatic rings. The molecule has 0 radical (unpaired) electrons. The van der Waals surface area contributed by atoms with E-state index in [0.29, 0.717) is 5.92 Å². The van der Waals surface area contributed by atoms with Crippen molar-refractivity contribution in [3.05, 3.63) is 82.7 Å². The van der Waals surface area contributed by atoms with Crippen LogP contribution in [0.4, 0.5) is 4.39 Å². The van der Waals surface area contributed by atoms with Crippen molar-refractivity contribution in [2.75, 3.05) is 0 Å². The molecule has 0 fully saturated rings. The Bertz CT molecular complexity index is 848. The second-order valence-electron chi connectivity index (χ2n) is 6.46. The Morgan fingerprint density at radius 3 is 2.59 bits per heavy atom. The van der Waals surface area contributed by atoms with Gasteiger partial charge in [0.05, 0.1) is 0 Å². The number of halogens is 1. The number of aryl methyl sites for hydroxylation is 2. The van der Waals surface area contributed by atoms with Crippen LogP contribution < -0.4 is 0 Å². The Morgan fingerprint density at radius 1 is 0.864 bits per heavy atom. The maximum absolute atomic E-state index is 13.5. The summed E-state index contributed by atoms with van der Waals surface area (Å²) >= 11 is 0. The van der Waals surface area contributed by atoms with Crippen molar-refractivity contribution in [2.45, 2.75) is 32.1 Å². The standard InChI is InChI=1S/C21H19F/c1-14-2-3-17-11-18(7-6-16(17)10-14)19-5-4-15-8-9-21(22)13-20(15)12-19/h2-3,6-11,13,19H,4-5,12H2,1H3. The average molecular weight is 290 g/mol. The molecule has 1 aliphatic rings. The van der Waals surface area contributed by atoms with Crippen molar-refractivity contribution in [1.29, 1.82) is 0 Å². The van der Waals surface area contributed by atoms with Crippen LogP contribution in [-0.2, 0) is 12.8 Å². The summed E-state index contributed by atoms with van der Waals surface area (Å²) in [6.07, 6.45) is 3.15.